The highest BCUT2D eigenvalue weighted by molar-refractivity contribution is 6.74. The first-order valence-electron chi connectivity index (χ1n) is 17.2. The summed E-state index contributed by atoms with van der Waals surface area (Å²) in [7, 11) is -4.18. The van der Waals surface area contributed by atoms with Crippen LogP contribution >= 0.6 is 0 Å². The van der Waals surface area contributed by atoms with Gasteiger partial charge < -0.3 is 32.9 Å². The summed E-state index contributed by atoms with van der Waals surface area (Å²) in [4.78, 5) is 51.4. The number of aliphatic hydroxyl groups excluding tert-OH is 1. The first-order chi connectivity index (χ1) is 23.0. The third-order valence-corrected chi connectivity index (χ3v) is 20.4. The van der Waals surface area contributed by atoms with Gasteiger partial charge in [0, 0.05) is 24.5 Å². The molecule has 4 aliphatic rings. The second-order valence-electron chi connectivity index (χ2n) is 16.8. The monoisotopic (exact) mass is 738 g/mol. The fourth-order valence-electron chi connectivity index (χ4n) is 6.28. The van der Waals surface area contributed by atoms with Gasteiger partial charge in [-0.3, -0.25) is 28.7 Å². The van der Waals surface area contributed by atoms with Crippen LogP contribution in [0.2, 0.25) is 36.3 Å². The van der Waals surface area contributed by atoms with E-state index in [1.165, 1.54) is 33.7 Å². The van der Waals surface area contributed by atoms with Gasteiger partial charge >= 0.3 is 11.4 Å². The van der Waals surface area contributed by atoms with E-state index in [9.17, 15) is 24.3 Å². The number of aliphatic hydroxyl groups is 1. The summed E-state index contributed by atoms with van der Waals surface area (Å²) in [6.45, 7) is 24.1. The fourth-order valence-corrected chi connectivity index (χ4v) is 8.95. The number of aromatic nitrogens is 4. The molecular formula is C33H54N4O11Si2. The Bertz CT molecular complexity index is 1660. The van der Waals surface area contributed by atoms with E-state index < -0.39 is 75.0 Å². The Morgan fingerprint density at radius 2 is 1.14 bits per heavy atom. The number of hydrogen-bond acceptors (Lipinski definition) is 11. The van der Waals surface area contributed by atoms with Crippen LogP contribution in [0.4, 0.5) is 0 Å². The first-order valence-corrected chi connectivity index (χ1v) is 23.0. The minimum Gasteiger partial charge on any atom is -0.408 e. The highest BCUT2D eigenvalue weighted by atomic mass is 28.4. The lowest BCUT2D eigenvalue weighted by molar-refractivity contribution is -0.187. The van der Waals surface area contributed by atoms with Crippen molar-refractivity contribution in [3.8, 4) is 0 Å². The molecule has 17 heteroatoms. The van der Waals surface area contributed by atoms with E-state index in [0.29, 0.717) is 6.61 Å². The molecule has 4 fully saturated rings. The molecule has 4 bridgehead atoms. The predicted octanol–water partition coefficient (Wildman–Crippen LogP) is 2.59. The lowest BCUT2D eigenvalue weighted by Crippen LogP contribution is -2.52. The van der Waals surface area contributed by atoms with Crippen molar-refractivity contribution in [3.05, 3.63) is 66.2 Å². The summed E-state index contributed by atoms with van der Waals surface area (Å²) in [6.07, 6.45) is 0.657. The van der Waals surface area contributed by atoms with Crippen molar-refractivity contribution in [2.24, 2.45) is 0 Å². The van der Waals surface area contributed by atoms with Crippen LogP contribution in [0.5, 0.6) is 0 Å². The van der Waals surface area contributed by atoms with Crippen LogP contribution in [-0.4, -0.2) is 96.3 Å². The maximum Gasteiger partial charge on any atom is 0.330 e. The second-order valence-corrected chi connectivity index (χ2v) is 26.4. The Kier molecular flexibility index (Phi) is 10.2. The lowest BCUT2D eigenvalue weighted by Gasteiger charge is -2.40. The Morgan fingerprint density at radius 3 is 1.50 bits per heavy atom. The molecule has 8 atom stereocenters. The smallest absolute Gasteiger partial charge is 0.330 e. The van der Waals surface area contributed by atoms with E-state index in [1.54, 1.807) is 0 Å². The molecule has 6 rings (SSSR count). The van der Waals surface area contributed by atoms with Crippen molar-refractivity contribution >= 4 is 16.6 Å². The van der Waals surface area contributed by atoms with Gasteiger partial charge in [0.1, 0.15) is 35.6 Å². The van der Waals surface area contributed by atoms with E-state index >= 15 is 0 Å². The van der Waals surface area contributed by atoms with Gasteiger partial charge in [0.25, 0.3) is 11.1 Å². The molecule has 0 aromatic carbocycles. The summed E-state index contributed by atoms with van der Waals surface area (Å²) >= 11 is 0. The third kappa shape index (κ3) is 6.76. The molecule has 2 aromatic heterocycles. The summed E-state index contributed by atoms with van der Waals surface area (Å²) in [5.41, 5.74) is -3.53. The number of hydrogen-bond donors (Lipinski definition) is 3. The van der Waals surface area contributed by atoms with E-state index in [1.807, 2.05) is 6.92 Å². The largest absolute Gasteiger partial charge is 0.408 e. The van der Waals surface area contributed by atoms with Crippen molar-refractivity contribution in [1.82, 2.24) is 19.1 Å². The van der Waals surface area contributed by atoms with Crippen molar-refractivity contribution in [2.75, 3.05) is 19.8 Å². The number of fused-ring (bicyclic) bond motifs is 4. The lowest BCUT2D eigenvalue weighted by atomic mass is 9.96. The number of nitrogens with zero attached hydrogens (tertiary/aromatic N) is 2. The van der Waals surface area contributed by atoms with Gasteiger partial charge in [-0.1, -0.05) is 48.5 Å². The van der Waals surface area contributed by atoms with Crippen LogP contribution in [0, 0.1) is 0 Å². The molecule has 6 heterocycles. The zero-order valence-electron chi connectivity index (χ0n) is 31.0. The SMILES string of the molecule is CC(C)(C)[Si](C)(C)OC1[C@@H]2OC[C@]1(CO)O[C@H]2n1ccc(=O)[nH]c1=O.CC[C@]12CO[C@@H](C1O[Si](C)(C)C(C)(C)C)[C@H](n1ccc(=O)[nH]c1=O)O2. The number of aromatic amines is 2. The highest BCUT2D eigenvalue weighted by Crippen LogP contribution is 2.51. The van der Waals surface area contributed by atoms with E-state index in [0.717, 1.165) is 6.42 Å². The number of rotatable bonds is 8. The predicted molar refractivity (Wildman–Crippen MR) is 189 cm³/mol. The molecule has 0 spiro atoms. The molecule has 50 heavy (non-hydrogen) atoms. The number of H-pyrrole nitrogens is 2. The van der Waals surface area contributed by atoms with Gasteiger partial charge in [-0.15, -0.1) is 0 Å². The van der Waals surface area contributed by atoms with Gasteiger partial charge in [-0.2, -0.15) is 0 Å². The van der Waals surface area contributed by atoms with Gasteiger partial charge in [-0.25, -0.2) is 9.59 Å². The molecule has 4 aliphatic heterocycles. The summed E-state index contributed by atoms with van der Waals surface area (Å²) in [5.74, 6) is 0. The van der Waals surface area contributed by atoms with Crippen LogP contribution in [0.15, 0.2) is 43.7 Å². The maximum absolute atomic E-state index is 12.2. The summed E-state index contributed by atoms with van der Waals surface area (Å²) in [6, 6.07) is 2.57. The average molecular weight is 739 g/mol. The maximum atomic E-state index is 12.2. The molecule has 0 radical (unpaired) electrons. The van der Waals surface area contributed by atoms with E-state index in [4.69, 9.17) is 27.8 Å². The Labute approximate surface area is 293 Å². The quantitative estimate of drug-likeness (QED) is 0.338. The molecule has 0 aliphatic carbocycles. The summed E-state index contributed by atoms with van der Waals surface area (Å²) in [5, 5.41) is 10.0. The Hall–Kier alpha value is -2.49. The topological polar surface area (TPSA) is 185 Å². The minimum atomic E-state index is -2.15. The first kappa shape index (κ1) is 38.7. The van der Waals surface area contributed by atoms with Gasteiger partial charge in [0.15, 0.2) is 29.1 Å². The normalized spacial score (nSPS) is 32.3. The highest BCUT2D eigenvalue weighted by Gasteiger charge is 2.65. The molecule has 2 aromatic rings. The molecule has 2 unspecified atom stereocenters. The Morgan fingerprint density at radius 1 is 0.760 bits per heavy atom. The average Bonchev–Trinajstić information content (AvgIpc) is 3.71. The van der Waals surface area contributed by atoms with Crippen molar-refractivity contribution < 1.29 is 32.9 Å². The van der Waals surface area contributed by atoms with Crippen molar-refractivity contribution in [1.29, 1.82) is 0 Å². The zero-order chi connectivity index (χ0) is 37.2. The number of nitrogens with one attached hydrogen (secondary N) is 2. The van der Waals surface area contributed by atoms with Crippen LogP contribution in [0.3, 0.4) is 0 Å². The molecule has 15 nitrogen and oxygen atoms in total. The molecule has 3 N–H and O–H groups in total. The summed E-state index contributed by atoms with van der Waals surface area (Å²) < 4.78 is 40.0. The van der Waals surface area contributed by atoms with Gasteiger partial charge in [0.2, 0.25) is 0 Å². The molecule has 280 valence electrons. The standard InChI is InChI=1S/C17H28N2O5Si.C16H26N2O6Si/c1-7-17-10-22-12(13(17)24-25(5,6)16(2,3)4)14(23-17)19-9-8-11(20)18-15(19)21;1-15(2,3)25(4,5)24-12-11-13(23-16(12,8-19)9-22-11)18-7-6-10(20)17-14(18)21/h8-9,12-14H,7,10H2,1-6H3,(H,18,20,21);6-7,11-13,19H,8-9H2,1-5H3,(H,17,20,21)/t12-,13?,14+,17-;11-,12?,13+,16-/m00/s1. The molecular weight excluding hydrogens is 685 g/mol. The zero-order valence-corrected chi connectivity index (χ0v) is 33.0. The van der Waals surface area contributed by atoms with E-state index in [-0.39, 0.29) is 35.5 Å². The van der Waals surface area contributed by atoms with Crippen LogP contribution in [0.1, 0.15) is 67.3 Å². The molecule has 0 amide bonds. The van der Waals surface area contributed by atoms with E-state index in [2.05, 4.69) is 77.7 Å². The minimum absolute atomic E-state index is 0.0179. The van der Waals surface area contributed by atoms with Crippen LogP contribution < -0.4 is 22.5 Å². The second kappa shape index (κ2) is 13.2. The van der Waals surface area contributed by atoms with Crippen molar-refractivity contribution in [3.63, 3.8) is 0 Å². The molecule has 4 saturated heterocycles. The van der Waals surface area contributed by atoms with Gasteiger partial charge in [0.05, 0.1) is 19.8 Å². The fraction of sp³-hybridized carbons (Fsp3) is 0.758. The third-order valence-electron chi connectivity index (χ3n) is 11.5. The van der Waals surface area contributed by atoms with Gasteiger partial charge in [-0.05, 0) is 42.7 Å². The Balaban J connectivity index is 0.000000194. The van der Waals surface area contributed by atoms with Crippen LogP contribution in [-0.2, 0) is 27.8 Å². The van der Waals surface area contributed by atoms with Crippen LogP contribution in [0.25, 0.3) is 0 Å². The number of ether oxygens (including phenoxy) is 4. The van der Waals surface area contributed by atoms with Crippen molar-refractivity contribution in [2.45, 2.75) is 139 Å². The molecule has 0 saturated carbocycles.